The SMILES string of the molecule is COc1nc(C)nc(N2CCC[C@@H](NC(C)=O)C2)c1C. The van der Waals surface area contributed by atoms with Gasteiger partial charge in [0.15, 0.2) is 0 Å². The Hall–Kier alpha value is -1.85. The predicted octanol–water partition coefficient (Wildman–Crippen LogP) is 1.21. The highest BCUT2D eigenvalue weighted by Gasteiger charge is 2.24. The fourth-order valence-electron chi connectivity index (χ4n) is 2.67. The van der Waals surface area contributed by atoms with Crippen LogP contribution < -0.4 is 15.0 Å². The molecule has 2 rings (SSSR count). The first-order chi connectivity index (χ1) is 9.51. The highest BCUT2D eigenvalue weighted by molar-refractivity contribution is 5.73. The van der Waals surface area contributed by atoms with Gasteiger partial charge in [0.05, 0.1) is 12.7 Å². The molecule has 2 heterocycles. The van der Waals surface area contributed by atoms with Crippen molar-refractivity contribution in [2.45, 2.75) is 39.7 Å². The number of amides is 1. The zero-order chi connectivity index (χ0) is 14.7. The number of nitrogens with one attached hydrogen (secondary N) is 1. The third-order valence-corrected chi connectivity index (χ3v) is 3.51. The zero-order valence-electron chi connectivity index (χ0n) is 12.6. The highest BCUT2D eigenvalue weighted by Crippen LogP contribution is 2.27. The van der Waals surface area contributed by atoms with Gasteiger partial charge in [-0.3, -0.25) is 4.79 Å². The summed E-state index contributed by atoms with van der Waals surface area (Å²) in [7, 11) is 1.62. The van der Waals surface area contributed by atoms with Crippen molar-refractivity contribution in [2.24, 2.45) is 0 Å². The van der Waals surface area contributed by atoms with E-state index in [9.17, 15) is 4.79 Å². The van der Waals surface area contributed by atoms with Gasteiger partial charge < -0.3 is 15.0 Å². The number of piperidine rings is 1. The second kappa shape index (κ2) is 6.07. The van der Waals surface area contributed by atoms with E-state index in [2.05, 4.69) is 20.2 Å². The number of methoxy groups -OCH3 is 1. The molecule has 1 aromatic heterocycles. The first-order valence-electron chi connectivity index (χ1n) is 6.92. The third kappa shape index (κ3) is 3.18. The average Bonchev–Trinajstić information content (AvgIpc) is 2.40. The van der Waals surface area contributed by atoms with E-state index >= 15 is 0 Å². The average molecular weight is 278 g/mol. The van der Waals surface area contributed by atoms with E-state index in [0.717, 1.165) is 37.3 Å². The minimum Gasteiger partial charge on any atom is -0.481 e. The molecule has 20 heavy (non-hydrogen) atoms. The number of carbonyl (C=O) groups excluding carboxylic acids is 1. The molecule has 1 N–H and O–H groups in total. The van der Waals surface area contributed by atoms with E-state index in [4.69, 9.17) is 4.74 Å². The minimum absolute atomic E-state index is 0.0185. The molecule has 110 valence electrons. The van der Waals surface area contributed by atoms with Crippen LogP contribution in [0.2, 0.25) is 0 Å². The zero-order valence-corrected chi connectivity index (χ0v) is 12.6. The van der Waals surface area contributed by atoms with Gasteiger partial charge in [0.1, 0.15) is 11.6 Å². The van der Waals surface area contributed by atoms with Crippen LogP contribution in [0.15, 0.2) is 0 Å². The summed E-state index contributed by atoms with van der Waals surface area (Å²) in [6, 6.07) is 0.182. The molecule has 1 saturated heterocycles. The lowest BCUT2D eigenvalue weighted by Crippen LogP contribution is -2.47. The monoisotopic (exact) mass is 278 g/mol. The molecule has 1 amide bonds. The molecule has 0 bridgehead atoms. The quantitative estimate of drug-likeness (QED) is 0.900. The molecule has 0 spiro atoms. The number of aryl methyl sites for hydroxylation is 1. The number of anilines is 1. The second-order valence-corrected chi connectivity index (χ2v) is 5.21. The minimum atomic E-state index is 0.0185. The smallest absolute Gasteiger partial charge is 0.221 e. The Balaban J connectivity index is 2.22. The lowest BCUT2D eigenvalue weighted by Gasteiger charge is -2.34. The van der Waals surface area contributed by atoms with E-state index in [1.807, 2.05) is 13.8 Å². The van der Waals surface area contributed by atoms with Crippen LogP contribution in [-0.2, 0) is 4.79 Å². The van der Waals surface area contributed by atoms with Crippen molar-refractivity contribution < 1.29 is 9.53 Å². The number of hydrogen-bond acceptors (Lipinski definition) is 5. The van der Waals surface area contributed by atoms with Gasteiger partial charge in [0.25, 0.3) is 0 Å². The number of aromatic nitrogens is 2. The standard InChI is InChI=1S/C14H22N4O2/c1-9-13(15-10(2)16-14(9)20-4)18-7-5-6-12(8-18)17-11(3)19/h12H,5-8H2,1-4H3,(H,17,19)/t12-/m1/s1. The van der Waals surface area contributed by atoms with Crippen LogP contribution in [0.5, 0.6) is 5.88 Å². The number of nitrogens with zero attached hydrogens (tertiary/aromatic N) is 3. The molecule has 1 aliphatic rings. The first kappa shape index (κ1) is 14.6. The Labute approximate surface area is 119 Å². The van der Waals surface area contributed by atoms with E-state index in [0.29, 0.717) is 11.7 Å². The summed E-state index contributed by atoms with van der Waals surface area (Å²) in [5, 5.41) is 2.99. The Bertz CT molecular complexity index is 504. The number of carbonyl (C=O) groups is 1. The number of rotatable bonds is 3. The van der Waals surface area contributed by atoms with Gasteiger partial charge in [-0.25, -0.2) is 4.98 Å². The second-order valence-electron chi connectivity index (χ2n) is 5.21. The van der Waals surface area contributed by atoms with Crippen molar-refractivity contribution in [3.05, 3.63) is 11.4 Å². The van der Waals surface area contributed by atoms with Crippen molar-refractivity contribution >= 4 is 11.7 Å². The molecular weight excluding hydrogens is 256 g/mol. The summed E-state index contributed by atoms with van der Waals surface area (Å²) in [6.45, 7) is 7.11. The van der Waals surface area contributed by atoms with Crippen molar-refractivity contribution in [2.75, 3.05) is 25.1 Å². The molecule has 6 nitrogen and oxygen atoms in total. The maximum Gasteiger partial charge on any atom is 0.221 e. The molecule has 0 radical (unpaired) electrons. The molecule has 1 atom stereocenters. The normalized spacial score (nSPS) is 18.8. The van der Waals surface area contributed by atoms with Crippen molar-refractivity contribution in [1.82, 2.24) is 15.3 Å². The topological polar surface area (TPSA) is 67.4 Å². The van der Waals surface area contributed by atoms with Crippen LogP contribution in [0, 0.1) is 13.8 Å². The summed E-state index contributed by atoms with van der Waals surface area (Å²) in [5.41, 5.74) is 0.946. The van der Waals surface area contributed by atoms with E-state index in [1.165, 1.54) is 0 Å². The summed E-state index contributed by atoms with van der Waals surface area (Å²) in [6.07, 6.45) is 2.05. The van der Waals surface area contributed by atoms with Crippen LogP contribution in [-0.4, -0.2) is 42.1 Å². The van der Waals surface area contributed by atoms with E-state index < -0.39 is 0 Å². The Morgan fingerprint density at radius 3 is 2.80 bits per heavy atom. The molecule has 0 aliphatic carbocycles. The Kier molecular flexibility index (Phi) is 4.42. The van der Waals surface area contributed by atoms with Crippen molar-refractivity contribution in [1.29, 1.82) is 0 Å². The van der Waals surface area contributed by atoms with Gasteiger partial charge >= 0.3 is 0 Å². The highest BCUT2D eigenvalue weighted by atomic mass is 16.5. The van der Waals surface area contributed by atoms with Gasteiger partial charge in [-0.05, 0) is 26.7 Å². The molecule has 1 aromatic rings. The van der Waals surface area contributed by atoms with E-state index in [1.54, 1.807) is 14.0 Å². The summed E-state index contributed by atoms with van der Waals surface area (Å²) in [4.78, 5) is 22.2. The fourth-order valence-corrected chi connectivity index (χ4v) is 2.67. The maximum atomic E-state index is 11.2. The van der Waals surface area contributed by atoms with Crippen LogP contribution in [0.25, 0.3) is 0 Å². The third-order valence-electron chi connectivity index (χ3n) is 3.51. The van der Waals surface area contributed by atoms with Crippen LogP contribution >= 0.6 is 0 Å². The lowest BCUT2D eigenvalue weighted by atomic mass is 10.1. The van der Waals surface area contributed by atoms with Crippen molar-refractivity contribution in [3.8, 4) is 5.88 Å². The molecule has 1 aliphatic heterocycles. The lowest BCUT2D eigenvalue weighted by molar-refractivity contribution is -0.119. The first-order valence-corrected chi connectivity index (χ1v) is 6.92. The maximum absolute atomic E-state index is 11.2. The van der Waals surface area contributed by atoms with Gasteiger partial charge in [-0.1, -0.05) is 0 Å². The van der Waals surface area contributed by atoms with Crippen molar-refractivity contribution in [3.63, 3.8) is 0 Å². The van der Waals surface area contributed by atoms with E-state index in [-0.39, 0.29) is 11.9 Å². The predicted molar refractivity (Wildman–Crippen MR) is 77.1 cm³/mol. The van der Waals surface area contributed by atoms with Gasteiger partial charge in [0.2, 0.25) is 11.8 Å². The van der Waals surface area contributed by atoms with Gasteiger partial charge in [0, 0.05) is 26.1 Å². The molecule has 0 saturated carbocycles. The fraction of sp³-hybridized carbons (Fsp3) is 0.643. The largest absolute Gasteiger partial charge is 0.481 e. The van der Waals surface area contributed by atoms with Crippen LogP contribution in [0.1, 0.15) is 31.2 Å². The summed E-state index contributed by atoms with van der Waals surface area (Å²) < 4.78 is 5.30. The number of hydrogen-bond donors (Lipinski definition) is 1. The molecular formula is C14H22N4O2. The number of ether oxygens (including phenoxy) is 1. The summed E-state index contributed by atoms with van der Waals surface area (Å²) >= 11 is 0. The Morgan fingerprint density at radius 2 is 2.15 bits per heavy atom. The van der Waals surface area contributed by atoms with Crippen LogP contribution in [0.4, 0.5) is 5.82 Å². The Morgan fingerprint density at radius 1 is 1.40 bits per heavy atom. The van der Waals surface area contributed by atoms with Crippen LogP contribution in [0.3, 0.4) is 0 Å². The molecule has 0 aromatic carbocycles. The van der Waals surface area contributed by atoms with Gasteiger partial charge in [-0.15, -0.1) is 0 Å². The van der Waals surface area contributed by atoms with Gasteiger partial charge in [-0.2, -0.15) is 4.98 Å². The summed E-state index contributed by atoms with van der Waals surface area (Å²) in [5.74, 6) is 2.24. The molecule has 6 heteroatoms. The molecule has 0 unspecified atom stereocenters. The molecule has 1 fully saturated rings.